The van der Waals surface area contributed by atoms with Crippen LogP contribution in [0.5, 0.6) is 5.75 Å². The summed E-state index contributed by atoms with van der Waals surface area (Å²) in [7, 11) is 0. The molecule has 0 spiro atoms. The van der Waals surface area contributed by atoms with E-state index < -0.39 is 0 Å². The molecule has 0 radical (unpaired) electrons. The molecule has 1 aromatic heterocycles. The molecule has 0 saturated heterocycles. The monoisotopic (exact) mass is 281 g/mol. The first-order valence-corrected chi connectivity index (χ1v) is 6.75. The molecule has 1 heterocycles. The van der Waals surface area contributed by atoms with Crippen molar-refractivity contribution in [3.05, 3.63) is 59.0 Å². The Morgan fingerprint density at radius 1 is 1.14 bits per heavy atom. The number of hydrogen-bond donors (Lipinski definition) is 2. The average Bonchev–Trinajstić information content (AvgIpc) is 2.49. The Bertz CT molecular complexity index is 810. The minimum Gasteiger partial charge on any atom is -0.494 e. The molecular formula is C16H15N3O2. The molecule has 3 aromatic rings. The molecule has 0 saturated carbocycles. The number of benzene rings is 2. The van der Waals surface area contributed by atoms with E-state index in [4.69, 9.17) is 4.74 Å². The van der Waals surface area contributed by atoms with Crippen LogP contribution in [-0.2, 0) is 0 Å². The minimum atomic E-state index is -0.373. The van der Waals surface area contributed by atoms with Gasteiger partial charge in [0.25, 0.3) is 0 Å². The van der Waals surface area contributed by atoms with Crippen molar-refractivity contribution in [3.8, 4) is 5.75 Å². The number of aromatic amines is 1. The molecular weight excluding hydrogens is 266 g/mol. The van der Waals surface area contributed by atoms with Gasteiger partial charge in [-0.3, -0.25) is 0 Å². The van der Waals surface area contributed by atoms with Crippen LogP contribution in [0.4, 0.5) is 11.5 Å². The smallest absolute Gasteiger partial charge is 0.347 e. The van der Waals surface area contributed by atoms with Gasteiger partial charge in [-0.15, -0.1) is 0 Å². The van der Waals surface area contributed by atoms with Crippen LogP contribution in [0.2, 0.25) is 0 Å². The predicted molar refractivity (Wildman–Crippen MR) is 83.3 cm³/mol. The van der Waals surface area contributed by atoms with Crippen LogP contribution in [0.25, 0.3) is 10.9 Å². The summed E-state index contributed by atoms with van der Waals surface area (Å²) in [6.45, 7) is 2.57. The van der Waals surface area contributed by atoms with Crippen molar-refractivity contribution in [1.82, 2.24) is 9.97 Å². The summed E-state index contributed by atoms with van der Waals surface area (Å²) in [5.41, 5.74) is 1.23. The number of ether oxygens (including phenoxy) is 1. The number of para-hydroxylation sites is 1. The van der Waals surface area contributed by atoms with Gasteiger partial charge in [-0.1, -0.05) is 12.1 Å². The summed E-state index contributed by atoms with van der Waals surface area (Å²) in [4.78, 5) is 18.3. The maximum atomic E-state index is 11.6. The molecule has 2 N–H and O–H groups in total. The standard InChI is InChI=1S/C16H15N3O2/c1-2-21-12-9-7-11(8-10-12)17-15-13-5-3-4-6-14(13)18-16(20)19-15/h3-10H,2H2,1H3,(H2,17,18,19,20). The number of anilines is 2. The normalized spacial score (nSPS) is 10.5. The highest BCUT2D eigenvalue weighted by Crippen LogP contribution is 2.23. The average molecular weight is 281 g/mol. The summed E-state index contributed by atoms with van der Waals surface area (Å²) in [5.74, 6) is 1.35. The van der Waals surface area contributed by atoms with E-state index in [0.29, 0.717) is 12.4 Å². The second-order valence-electron chi connectivity index (χ2n) is 4.52. The van der Waals surface area contributed by atoms with Crippen LogP contribution in [-0.4, -0.2) is 16.6 Å². The highest BCUT2D eigenvalue weighted by atomic mass is 16.5. The van der Waals surface area contributed by atoms with Crippen molar-refractivity contribution in [2.75, 3.05) is 11.9 Å². The molecule has 3 rings (SSSR count). The number of hydrogen-bond acceptors (Lipinski definition) is 4. The van der Waals surface area contributed by atoms with Gasteiger partial charge in [0.2, 0.25) is 0 Å². The second kappa shape index (κ2) is 5.66. The molecule has 0 aliphatic carbocycles. The van der Waals surface area contributed by atoms with Gasteiger partial charge in [0.15, 0.2) is 0 Å². The fourth-order valence-corrected chi connectivity index (χ4v) is 2.14. The van der Waals surface area contributed by atoms with Crippen LogP contribution in [0.3, 0.4) is 0 Å². The van der Waals surface area contributed by atoms with E-state index >= 15 is 0 Å². The Hall–Kier alpha value is -2.82. The van der Waals surface area contributed by atoms with E-state index in [-0.39, 0.29) is 5.69 Å². The van der Waals surface area contributed by atoms with Gasteiger partial charge < -0.3 is 15.0 Å². The third kappa shape index (κ3) is 2.86. The maximum Gasteiger partial charge on any atom is 0.347 e. The largest absolute Gasteiger partial charge is 0.494 e. The molecule has 0 fully saturated rings. The molecule has 5 nitrogen and oxygen atoms in total. The van der Waals surface area contributed by atoms with Crippen molar-refractivity contribution in [2.45, 2.75) is 6.92 Å². The number of nitrogens with one attached hydrogen (secondary N) is 2. The second-order valence-corrected chi connectivity index (χ2v) is 4.52. The van der Waals surface area contributed by atoms with Gasteiger partial charge in [0.05, 0.1) is 12.1 Å². The van der Waals surface area contributed by atoms with Crippen LogP contribution in [0.15, 0.2) is 53.3 Å². The highest BCUT2D eigenvalue weighted by molar-refractivity contribution is 5.90. The molecule has 0 bridgehead atoms. The Morgan fingerprint density at radius 2 is 1.90 bits per heavy atom. The zero-order valence-corrected chi connectivity index (χ0v) is 11.6. The summed E-state index contributed by atoms with van der Waals surface area (Å²) >= 11 is 0. The van der Waals surface area contributed by atoms with Crippen molar-refractivity contribution in [1.29, 1.82) is 0 Å². The molecule has 0 aliphatic heterocycles. The molecule has 21 heavy (non-hydrogen) atoms. The van der Waals surface area contributed by atoms with Crippen molar-refractivity contribution in [3.63, 3.8) is 0 Å². The van der Waals surface area contributed by atoms with Gasteiger partial charge in [0.1, 0.15) is 11.6 Å². The number of aromatic nitrogens is 2. The molecule has 5 heteroatoms. The van der Waals surface area contributed by atoms with E-state index in [9.17, 15) is 4.79 Å². The molecule has 0 unspecified atom stereocenters. The van der Waals surface area contributed by atoms with Crippen molar-refractivity contribution in [2.24, 2.45) is 0 Å². The number of nitrogens with zero attached hydrogens (tertiary/aromatic N) is 1. The fourth-order valence-electron chi connectivity index (χ4n) is 2.14. The summed E-state index contributed by atoms with van der Waals surface area (Å²) in [5, 5.41) is 4.04. The molecule has 0 aliphatic rings. The Labute approximate surface area is 121 Å². The van der Waals surface area contributed by atoms with Crippen molar-refractivity contribution < 1.29 is 4.74 Å². The van der Waals surface area contributed by atoms with Crippen molar-refractivity contribution >= 4 is 22.4 Å². The Kier molecular flexibility index (Phi) is 3.55. The van der Waals surface area contributed by atoms with Crippen LogP contribution in [0.1, 0.15) is 6.92 Å². The Morgan fingerprint density at radius 3 is 2.67 bits per heavy atom. The topological polar surface area (TPSA) is 67.0 Å². The van der Waals surface area contributed by atoms with E-state index in [1.165, 1.54) is 0 Å². The van der Waals surface area contributed by atoms with Gasteiger partial charge in [-0.25, -0.2) is 4.79 Å². The van der Waals surface area contributed by atoms with Gasteiger partial charge in [-0.2, -0.15) is 4.98 Å². The van der Waals surface area contributed by atoms with Crippen LogP contribution < -0.4 is 15.7 Å². The van der Waals surface area contributed by atoms with E-state index in [0.717, 1.165) is 22.3 Å². The van der Waals surface area contributed by atoms with E-state index in [1.807, 2.05) is 55.5 Å². The van der Waals surface area contributed by atoms with Crippen LogP contribution in [0, 0.1) is 0 Å². The quantitative estimate of drug-likeness (QED) is 0.771. The lowest BCUT2D eigenvalue weighted by Gasteiger charge is -2.09. The Balaban J connectivity index is 1.96. The first-order valence-electron chi connectivity index (χ1n) is 6.75. The predicted octanol–water partition coefficient (Wildman–Crippen LogP) is 3.07. The summed E-state index contributed by atoms with van der Waals surface area (Å²) in [6, 6.07) is 15.1. The van der Waals surface area contributed by atoms with Crippen LogP contribution >= 0.6 is 0 Å². The third-order valence-electron chi connectivity index (χ3n) is 3.07. The van der Waals surface area contributed by atoms with E-state index in [1.54, 1.807) is 0 Å². The lowest BCUT2D eigenvalue weighted by atomic mass is 10.2. The summed E-state index contributed by atoms with van der Waals surface area (Å²) in [6.07, 6.45) is 0. The maximum absolute atomic E-state index is 11.6. The molecule has 2 aromatic carbocycles. The third-order valence-corrected chi connectivity index (χ3v) is 3.07. The van der Waals surface area contributed by atoms with Gasteiger partial charge in [-0.05, 0) is 43.3 Å². The lowest BCUT2D eigenvalue weighted by molar-refractivity contribution is 0.340. The number of H-pyrrole nitrogens is 1. The number of rotatable bonds is 4. The zero-order chi connectivity index (χ0) is 14.7. The first kappa shape index (κ1) is 13.2. The first-order chi connectivity index (χ1) is 10.3. The van der Waals surface area contributed by atoms with Gasteiger partial charge in [0, 0.05) is 11.1 Å². The zero-order valence-electron chi connectivity index (χ0n) is 11.6. The lowest BCUT2D eigenvalue weighted by Crippen LogP contribution is -2.12. The fraction of sp³-hybridized carbons (Fsp3) is 0.125. The minimum absolute atomic E-state index is 0.373. The molecule has 106 valence electrons. The summed E-state index contributed by atoms with van der Waals surface area (Å²) < 4.78 is 5.40. The van der Waals surface area contributed by atoms with E-state index in [2.05, 4.69) is 15.3 Å². The SMILES string of the molecule is CCOc1ccc(Nc2nc(=O)[nH]c3ccccc23)cc1. The molecule has 0 amide bonds. The highest BCUT2D eigenvalue weighted by Gasteiger charge is 2.05. The molecule has 0 atom stereocenters. The number of fused-ring (bicyclic) bond motifs is 1. The van der Waals surface area contributed by atoms with Gasteiger partial charge >= 0.3 is 5.69 Å².